The number of phenolic OH excluding ortho intramolecular Hbond substituents is 1. The van der Waals surface area contributed by atoms with Crippen LogP contribution in [0.5, 0.6) is 11.5 Å². The fourth-order valence-electron chi connectivity index (χ4n) is 2.55. The Labute approximate surface area is 212 Å². The number of methoxy groups -OCH3 is 1. The third-order valence-corrected chi connectivity index (χ3v) is 5.62. The van der Waals surface area contributed by atoms with E-state index in [0.29, 0.717) is 0 Å². The minimum Gasteiger partial charge on any atom is -0.744 e. The van der Waals surface area contributed by atoms with Gasteiger partial charge in [0.2, 0.25) is 0 Å². The van der Waals surface area contributed by atoms with E-state index in [1.54, 1.807) is 0 Å². The molecule has 1 N–H and O–H groups in total. The predicted molar refractivity (Wildman–Crippen MR) is 104 cm³/mol. The van der Waals surface area contributed by atoms with Crippen LogP contribution in [0.25, 0.3) is 10.8 Å². The summed E-state index contributed by atoms with van der Waals surface area (Å²) in [6.45, 7) is 0. The summed E-state index contributed by atoms with van der Waals surface area (Å²) in [5.41, 5.74) is -0.390. The van der Waals surface area contributed by atoms with Gasteiger partial charge < -0.3 is 18.9 Å². The van der Waals surface area contributed by atoms with Crippen molar-refractivity contribution in [2.75, 3.05) is 7.11 Å². The minimum atomic E-state index is -4.89. The fraction of sp³-hybridized carbons (Fsp3) is 0.0588. The van der Waals surface area contributed by atoms with Gasteiger partial charge in [-0.15, -0.1) is 10.2 Å². The molecule has 3 aromatic carbocycles. The van der Waals surface area contributed by atoms with Crippen molar-refractivity contribution in [1.29, 1.82) is 0 Å². The first-order valence-electron chi connectivity index (χ1n) is 7.78. The number of fused-ring (bicyclic) bond motifs is 1. The molecule has 3 aromatic rings. The average Bonchev–Trinajstić information content (AvgIpc) is 2.65. The number of azo groups is 1. The summed E-state index contributed by atoms with van der Waals surface area (Å²) in [4.78, 5) is -1.13. The van der Waals surface area contributed by atoms with Crippen molar-refractivity contribution in [2.24, 2.45) is 10.2 Å². The van der Waals surface area contributed by atoms with Crippen LogP contribution >= 0.6 is 0 Å². The summed E-state index contributed by atoms with van der Waals surface area (Å²) in [6, 6.07) is 9.56. The first kappa shape index (κ1) is 24.8. The van der Waals surface area contributed by atoms with Crippen molar-refractivity contribution in [3.05, 3.63) is 48.5 Å². The van der Waals surface area contributed by atoms with Gasteiger partial charge in [0.25, 0.3) is 0 Å². The molecule has 0 amide bonds. The van der Waals surface area contributed by atoms with Crippen LogP contribution in [0, 0.1) is 0 Å². The van der Waals surface area contributed by atoms with Crippen LogP contribution in [0.1, 0.15) is 0 Å². The van der Waals surface area contributed by atoms with E-state index in [4.69, 9.17) is 4.74 Å². The first-order chi connectivity index (χ1) is 13.5. The molecular weight excluding hydrogens is 562 g/mol. The second-order valence-electron chi connectivity index (χ2n) is 5.76. The Morgan fingerprint density at radius 3 is 2.20 bits per heavy atom. The number of ether oxygens (including phenoxy) is 1. The number of benzene rings is 3. The van der Waals surface area contributed by atoms with Crippen molar-refractivity contribution in [2.45, 2.75) is 9.79 Å². The summed E-state index contributed by atoms with van der Waals surface area (Å²) in [7, 11) is -8.28. The van der Waals surface area contributed by atoms with E-state index in [1.165, 1.54) is 37.4 Å². The molecule has 0 radical (unpaired) electrons. The zero-order valence-corrected chi connectivity index (χ0v) is 21.4. The van der Waals surface area contributed by atoms with Gasteiger partial charge in [-0.05, 0) is 41.8 Å². The van der Waals surface area contributed by atoms with Crippen molar-refractivity contribution < 1.29 is 35.8 Å². The topological polar surface area (TPSA) is 169 Å². The number of hydrogen-bond acceptors (Lipinski definition) is 10. The van der Waals surface area contributed by atoms with Crippen molar-refractivity contribution in [3.8, 4) is 11.5 Å². The van der Waals surface area contributed by atoms with E-state index in [9.17, 15) is 31.0 Å². The maximum atomic E-state index is 11.5. The smallest absolute Gasteiger partial charge is 0.744 e. The minimum absolute atomic E-state index is 0. The zero-order valence-electron chi connectivity index (χ0n) is 15.3. The Morgan fingerprint density at radius 2 is 1.60 bits per heavy atom. The molecule has 0 aliphatic carbocycles. The standard InChI is InChI=1S/C17H14N2O8S2.Ba/c1-27-11-3-6-14(16(9-11)29(24,25)26)18-19-17-13-5-4-12(28(21,22)23)8-10(13)2-7-15(17)20;/h2-9,20H,1H3,(H,21,22,23)(H,24,25,26);/q;+2/p-2. The molecule has 30 heavy (non-hydrogen) atoms. The Hall–Kier alpha value is -1.49. The van der Waals surface area contributed by atoms with Gasteiger partial charge in [0.1, 0.15) is 43.1 Å². The molecule has 0 aliphatic rings. The molecule has 0 unspecified atom stereocenters. The van der Waals surface area contributed by atoms with Crippen LogP contribution in [-0.4, -0.2) is 87.0 Å². The molecule has 0 saturated heterocycles. The van der Waals surface area contributed by atoms with Gasteiger partial charge >= 0.3 is 48.9 Å². The molecule has 152 valence electrons. The number of nitrogens with zero attached hydrogens (tertiary/aromatic N) is 2. The molecule has 0 aliphatic heterocycles. The van der Waals surface area contributed by atoms with E-state index in [2.05, 4.69) is 10.2 Å². The average molecular weight is 574 g/mol. The second-order valence-corrected chi connectivity index (χ2v) is 8.49. The second kappa shape index (κ2) is 9.34. The first-order valence-corrected chi connectivity index (χ1v) is 10.6. The molecule has 3 rings (SSSR count). The van der Waals surface area contributed by atoms with Crippen LogP contribution in [0.2, 0.25) is 0 Å². The Morgan fingerprint density at radius 1 is 0.900 bits per heavy atom. The van der Waals surface area contributed by atoms with Crippen molar-refractivity contribution in [3.63, 3.8) is 0 Å². The Kier molecular flexibility index (Phi) is 7.71. The molecule has 0 aromatic heterocycles. The molecular formula is C17H12BaN2O8S2. The quantitative estimate of drug-likeness (QED) is 0.276. The maximum absolute atomic E-state index is 11.5. The van der Waals surface area contributed by atoms with Gasteiger partial charge in [0.05, 0.1) is 16.9 Å². The van der Waals surface area contributed by atoms with Crippen LogP contribution in [0.3, 0.4) is 0 Å². The fourth-order valence-corrected chi connectivity index (χ4v) is 3.68. The van der Waals surface area contributed by atoms with Crippen molar-refractivity contribution >= 4 is 91.3 Å². The summed E-state index contributed by atoms with van der Waals surface area (Å²) in [6.07, 6.45) is 0. The Balaban J connectivity index is 0.00000320. The molecule has 10 nitrogen and oxygen atoms in total. The van der Waals surface area contributed by atoms with Gasteiger partial charge in [0, 0.05) is 5.39 Å². The molecule has 0 saturated carbocycles. The van der Waals surface area contributed by atoms with E-state index in [0.717, 1.165) is 18.2 Å². The van der Waals surface area contributed by atoms with Gasteiger partial charge in [0.15, 0.2) is 0 Å². The Bertz CT molecular complexity index is 1360. The molecule has 13 heteroatoms. The predicted octanol–water partition coefficient (Wildman–Crippen LogP) is 2.40. The number of hydrogen-bond donors (Lipinski definition) is 1. The molecule has 0 atom stereocenters. The summed E-state index contributed by atoms with van der Waals surface area (Å²) < 4.78 is 72.9. The zero-order chi connectivity index (χ0) is 21.4. The van der Waals surface area contributed by atoms with Crippen LogP contribution in [-0.2, 0) is 20.2 Å². The molecule has 0 heterocycles. The van der Waals surface area contributed by atoms with Crippen LogP contribution in [0.4, 0.5) is 11.4 Å². The number of phenols is 1. The summed E-state index contributed by atoms with van der Waals surface area (Å²) in [5.74, 6) is -0.211. The summed E-state index contributed by atoms with van der Waals surface area (Å²) in [5, 5.41) is 18.2. The van der Waals surface area contributed by atoms with E-state index < -0.39 is 30.0 Å². The van der Waals surface area contributed by atoms with Crippen molar-refractivity contribution in [1.82, 2.24) is 0 Å². The maximum Gasteiger partial charge on any atom is 2.00 e. The van der Waals surface area contributed by atoms with Gasteiger partial charge in [-0.1, -0.05) is 12.1 Å². The van der Waals surface area contributed by atoms with Crippen LogP contribution in [0.15, 0.2) is 68.6 Å². The van der Waals surface area contributed by atoms with Gasteiger partial charge in [-0.2, -0.15) is 0 Å². The molecule has 0 bridgehead atoms. The van der Waals surface area contributed by atoms with E-state index in [-0.39, 0.29) is 82.5 Å². The SMILES string of the molecule is COc1ccc(N=Nc2c(O)ccc3cc(S(=O)(=O)[O-])ccc23)c(S(=O)(=O)[O-])c1.[Ba+2]. The number of rotatable bonds is 5. The monoisotopic (exact) mass is 574 g/mol. The largest absolute Gasteiger partial charge is 2.00 e. The molecule has 0 fully saturated rings. The summed E-state index contributed by atoms with van der Waals surface area (Å²) >= 11 is 0. The van der Waals surface area contributed by atoms with Gasteiger partial charge in [-0.25, -0.2) is 16.8 Å². The third-order valence-electron chi connectivity index (χ3n) is 3.92. The van der Waals surface area contributed by atoms with Gasteiger partial charge in [-0.3, -0.25) is 0 Å². The van der Waals surface area contributed by atoms with E-state index >= 15 is 0 Å². The van der Waals surface area contributed by atoms with Crippen LogP contribution < -0.4 is 4.74 Å². The van der Waals surface area contributed by atoms with E-state index in [1.807, 2.05) is 0 Å². The third kappa shape index (κ3) is 5.40. The normalized spacial score (nSPS) is 12.1. The molecule has 0 spiro atoms. The number of aromatic hydroxyl groups is 1.